The predicted octanol–water partition coefficient (Wildman–Crippen LogP) is 3.26. The number of hydrogen-bond acceptors (Lipinski definition) is 10. The van der Waals surface area contributed by atoms with Gasteiger partial charge in [0, 0.05) is 50.4 Å². The first-order valence-corrected chi connectivity index (χ1v) is 17.9. The number of rotatable bonds is 12. The molecule has 0 aliphatic carbocycles. The third kappa shape index (κ3) is 7.71. The lowest BCUT2D eigenvalue weighted by atomic mass is 10.2. The molecule has 1 saturated heterocycles. The van der Waals surface area contributed by atoms with Crippen molar-refractivity contribution in [3.8, 4) is 0 Å². The van der Waals surface area contributed by atoms with Crippen molar-refractivity contribution in [1.29, 1.82) is 0 Å². The van der Waals surface area contributed by atoms with Crippen LogP contribution in [0.1, 0.15) is 0 Å². The van der Waals surface area contributed by atoms with E-state index >= 15 is 0 Å². The maximum Gasteiger partial charge on any atom is 0.269 e. The van der Waals surface area contributed by atoms with E-state index < -0.39 is 54.8 Å². The number of sulfonamides is 2. The molecule has 1 heterocycles. The molecule has 0 saturated carbocycles. The molecule has 1 fully saturated rings. The number of nitrogens with zero attached hydrogens (tertiary/aromatic N) is 6. The summed E-state index contributed by atoms with van der Waals surface area (Å²) in [5, 5.41) is 22.3. The highest BCUT2D eigenvalue weighted by molar-refractivity contribution is 7.93. The smallest absolute Gasteiger partial charge is 0.269 e. The van der Waals surface area contributed by atoms with Crippen molar-refractivity contribution in [3.63, 3.8) is 0 Å². The summed E-state index contributed by atoms with van der Waals surface area (Å²) in [7, 11) is -8.56. The first kappa shape index (κ1) is 35.4. The fourth-order valence-corrected chi connectivity index (χ4v) is 8.07. The van der Waals surface area contributed by atoms with Gasteiger partial charge in [0.1, 0.15) is 13.1 Å². The first-order valence-electron chi connectivity index (χ1n) is 15.0. The van der Waals surface area contributed by atoms with Gasteiger partial charge in [0.25, 0.3) is 31.4 Å². The van der Waals surface area contributed by atoms with Gasteiger partial charge in [0.05, 0.1) is 31.0 Å². The minimum Gasteiger partial charge on any atom is -0.338 e. The highest BCUT2D eigenvalue weighted by Gasteiger charge is 2.33. The highest BCUT2D eigenvalue weighted by atomic mass is 32.2. The molecule has 50 heavy (non-hydrogen) atoms. The number of nitro benzene ring substituents is 2. The van der Waals surface area contributed by atoms with Gasteiger partial charge in [0.2, 0.25) is 11.8 Å². The van der Waals surface area contributed by atoms with Crippen LogP contribution in [0.2, 0.25) is 0 Å². The van der Waals surface area contributed by atoms with Crippen LogP contribution in [0.25, 0.3) is 0 Å². The van der Waals surface area contributed by atoms with E-state index in [2.05, 4.69) is 0 Å². The molecule has 0 spiro atoms. The van der Waals surface area contributed by atoms with Crippen LogP contribution in [0.3, 0.4) is 0 Å². The van der Waals surface area contributed by atoms with Crippen LogP contribution in [0.5, 0.6) is 0 Å². The molecule has 5 rings (SSSR count). The molecular formula is C32H30N6O10S2. The Bertz CT molecular complexity index is 1940. The van der Waals surface area contributed by atoms with E-state index in [4.69, 9.17) is 0 Å². The summed E-state index contributed by atoms with van der Waals surface area (Å²) in [4.78, 5) is 50.7. The monoisotopic (exact) mass is 722 g/mol. The number of nitro groups is 2. The maximum atomic E-state index is 13.6. The predicted molar refractivity (Wildman–Crippen MR) is 181 cm³/mol. The van der Waals surface area contributed by atoms with E-state index in [0.29, 0.717) is 0 Å². The molecule has 18 heteroatoms. The molecule has 0 N–H and O–H groups in total. The lowest BCUT2D eigenvalue weighted by Crippen LogP contribution is -2.55. The standard InChI is InChI=1S/C32H30N6O10S2/c39-31(23-35(25-11-15-27(16-12-25)37(41)42)49(45,46)29-7-3-1-4-8-29)33-19-21-34(22-20-33)32(40)24-36(26-13-17-28(18-14-26)38(43)44)50(47,48)30-9-5-2-6-10-30/h1-18H,19-24H2. The number of piperazine rings is 1. The summed E-state index contributed by atoms with van der Waals surface area (Å²) in [5.74, 6) is -1.18. The van der Waals surface area contributed by atoms with Gasteiger partial charge in [-0.1, -0.05) is 36.4 Å². The number of benzene rings is 4. The minimum atomic E-state index is -4.28. The van der Waals surface area contributed by atoms with Crippen molar-refractivity contribution < 1.29 is 36.3 Å². The van der Waals surface area contributed by atoms with Crippen LogP contribution in [0.15, 0.2) is 119 Å². The molecule has 0 radical (unpaired) electrons. The minimum absolute atomic E-state index is 0.00697. The fraction of sp³-hybridized carbons (Fsp3) is 0.188. The SMILES string of the molecule is O=C(CN(c1ccc([N+](=O)[O-])cc1)S(=O)(=O)c1ccccc1)N1CCN(C(=O)CN(c2ccc([N+](=O)[O-])cc2)S(=O)(=O)c2ccccc2)CC1. The number of carbonyl (C=O) groups is 2. The second-order valence-corrected chi connectivity index (χ2v) is 14.7. The van der Waals surface area contributed by atoms with Crippen molar-refractivity contribution in [3.05, 3.63) is 129 Å². The molecule has 2 amide bonds. The van der Waals surface area contributed by atoms with E-state index in [1.165, 1.54) is 82.6 Å². The van der Waals surface area contributed by atoms with Gasteiger partial charge < -0.3 is 9.80 Å². The Balaban J connectivity index is 1.31. The second-order valence-electron chi connectivity index (χ2n) is 11.0. The topological polar surface area (TPSA) is 202 Å². The van der Waals surface area contributed by atoms with Crippen molar-refractivity contribution in [2.45, 2.75) is 9.79 Å². The van der Waals surface area contributed by atoms with Gasteiger partial charge in [-0.3, -0.25) is 38.4 Å². The molecular weight excluding hydrogens is 693 g/mol. The molecule has 0 bridgehead atoms. The Labute approximate surface area is 287 Å². The average Bonchev–Trinajstić information content (AvgIpc) is 3.13. The zero-order valence-electron chi connectivity index (χ0n) is 26.2. The summed E-state index contributed by atoms with van der Waals surface area (Å²) in [6, 6.07) is 24.3. The molecule has 16 nitrogen and oxygen atoms in total. The third-order valence-electron chi connectivity index (χ3n) is 7.90. The van der Waals surface area contributed by atoms with Crippen LogP contribution < -0.4 is 8.61 Å². The lowest BCUT2D eigenvalue weighted by molar-refractivity contribution is -0.385. The number of anilines is 2. The highest BCUT2D eigenvalue weighted by Crippen LogP contribution is 2.28. The molecule has 4 aromatic carbocycles. The normalized spacial score (nSPS) is 13.4. The second kappa shape index (κ2) is 14.7. The van der Waals surface area contributed by atoms with Gasteiger partial charge in [-0.25, -0.2) is 16.8 Å². The Morgan fingerprint density at radius 3 is 1.12 bits per heavy atom. The summed E-state index contributed by atoms with van der Waals surface area (Å²) in [5.41, 5.74) is -0.455. The van der Waals surface area contributed by atoms with Crippen molar-refractivity contribution >= 4 is 54.6 Å². The van der Waals surface area contributed by atoms with Crippen molar-refractivity contribution in [2.75, 3.05) is 47.9 Å². The van der Waals surface area contributed by atoms with E-state index in [0.717, 1.165) is 32.9 Å². The molecule has 0 unspecified atom stereocenters. The summed E-state index contributed by atoms with van der Waals surface area (Å²) in [6.45, 7) is -1.24. The summed E-state index contributed by atoms with van der Waals surface area (Å²) < 4.78 is 56.3. The largest absolute Gasteiger partial charge is 0.338 e. The van der Waals surface area contributed by atoms with Gasteiger partial charge in [-0.05, 0) is 48.5 Å². The fourth-order valence-electron chi connectivity index (χ4n) is 5.20. The van der Waals surface area contributed by atoms with Gasteiger partial charge in [0.15, 0.2) is 0 Å². The van der Waals surface area contributed by atoms with E-state index in [1.807, 2.05) is 0 Å². The maximum absolute atomic E-state index is 13.6. The molecule has 1 aliphatic heterocycles. The molecule has 1 aliphatic rings. The Morgan fingerprint density at radius 1 is 0.540 bits per heavy atom. The molecule has 0 aromatic heterocycles. The lowest BCUT2D eigenvalue weighted by Gasteiger charge is -2.37. The number of carbonyl (C=O) groups excluding carboxylic acids is 2. The number of hydrogen-bond donors (Lipinski definition) is 0. The van der Waals surface area contributed by atoms with Crippen LogP contribution in [-0.2, 0) is 29.6 Å². The quantitative estimate of drug-likeness (QED) is 0.154. The van der Waals surface area contributed by atoms with E-state index in [9.17, 15) is 46.7 Å². The van der Waals surface area contributed by atoms with Crippen LogP contribution in [0, 0.1) is 20.2 Å². The zero-order chi connectivity index (χ0) is 36.1. The van der Waals surface area contributed by atoms with Gasteiger partial charge >= 0.3 is 0 Å². The first-order chi connectivity index (χ1) is 23.8. The molecule has 4 aromatic rings. The van der Waals surface area contributed by atoms with Gasteiger partial charge in [-0.15, -0.1) is 0 Å². The van der Waals surface area contributed by atoms with Gasteiger partial charge in [-0.2, -0.15) is 0 Å². The zero-order valence-corrected chi connectivity index (χ0v) is 27.9. The third-order valence-corrected chi connectivity index (χ3v) is 11.5. The van der Waals surface area contributed by atoms with Crippen LogP contribution in [0.4, 0.5) is 22.7 Å². The van der Waals surface area contributed by atoms with E-state index in [-0.39, 0.29) is 58.7 Å². The molecule has 260 valence electrons. The van der Waals surface area contributed by atoms with Crippen LogP contribution >= 0.6 is 0 Å². The van der Waals surface area contributed by atoms with Crippen LogP contribution in [-0.4, -0.2) is 87.6 Å². The Morgan fingerprint density at radius 2 is 0.840 bits per heavy atom. The summed E-state index contributed by atoms with van der Waals surface area (Å²) in [6.07, 6.45) is 0. The number of amides is 2. The number of non-ortho nitro benzene ring substituents is 2. The van der Waals surface area contributed by atoms with Crippen molar-refractivity contribution in [2.24, 2.45) is 0 Å². The van der Waals surface area contributed by atoms with E-state index in [1.54, 1.807) is 12.1 Å². The molecule has 0 atom stereocenters. The van der Waals surface area contributed by atoms with Crippen molar-refractivity contribution in [1.82, 2.24) is 9.80 Å². The Kier molecular flexibility index (Phi) is 10.4. The summed E-state index contributed by atoms with van der Waals surface area (Å²) >= 11 is 0. The average molecular weight is 723 g/mol. The Hall–Kier alpha value is -5.88.